The molecule has 0 aromatic rings. The van der Waals surface area contributed by atoms with E-state index in [9.17, 15) is 0 Å². The lowest BCUT2D eigenvalue weighted by atomic mass is 10.3. The Bertz CT molecular complexity index is 230. The molecule has 0 aromatic heterocycles. The molecule has 2 aliphatic rings. The number of aliphatic imine (C=N–C) groups is 1. The number of hydrogen-bond donors (Lipinski definition) is 0. The molecule has 1 unspecified atom stereocenters. The molecular formula is C7H7BrN2. The van der Waals surface area contributed by atoms with Crippen molar-refractivity contribution in [1.29, 1.82) is 0 Å². The number of nitrogens with zero attached hydrogens (tertiary/aromatic N) is 2. The number of fused-ring (bicyclic) bond motifs is 1. The zero-order valence-electron chi connectivity index (χ0n) is 5.37. The maximum absolute atomic E-state index is 4.30. The van der Waals surface area contributed by atoms with Gasteiger partial charge < -0.3 is 4.90 Å². The first-order valence-corrected chi connectivity index (χ1v) is 4.11. The van der Waals surface area contributed by atoms with Gasteiger partial charge in [-0.15, -0.1) is 0 Å². The van der Waals surface area contributed by atoms with Gasteiger partial charge in [-0.25, -0.2) is 0 Å². The molecule has 0 saturated carbocycles. The average molecular weight is 199 g/mol. The highest BCUT2D eigenvalue weighted by atomic mass is 79.9. The van der Waals surface area contributed by atoms with E-state index < -0.39 is 0 Å². The quantitative estimate of drug-likeness (QED) is 0.426. The minimum atomic E-state index is 0.365. The van der Waals surface area contributed by atoms with E-state index in [4.69, 9.17) is 0 Å². The lowest BCUT2D eigenvalue weighted by Crippen LogP contribution is -2.27. The van der Waals surface area contributed by atoms with Crippen LogP contribution in [-0.4, -0.2) is 22.2 Å². The molecule has 0 fully saturated rings. The maximum Gasteiger partial charge on any atom is 0.128 e. The summed E-state index contributed by atoms with van der Waals surface area (Å²) in [5, 5.41) is 0. The van der Waals surface area contributed by atoms with Crippen molar-refractivity contribution in [2.45, 2.75) is 4.95 Å². The van der Waals surface area contributed by atoms with Crippen LogP contribution in [0.4, 0.5) is 0 Å². The minimum Gasteiger partial charge on any atom is -0.318 e. The van der Waals surface area contributed by atoms with Crippen LogP contribution < -0.4 is 0 Å². The molecule has 3 heteroatoms. The molecular weight excluding hydrogens is 192 g/mol. The Morgan fingerprint density at radius 1 is 1.60 bits per heavy atom. The molecule has 2 aliphatic heterocycles. The molecule has 0 spiro atoms. The lowest BCUT2D eigenvalue weighted by molar-refractivity contribution is 0.578. The van der Waals surface area contributed by atoms with E-state index in [1.807, 2.05) is 24.4 Å². The van der Waals surface area contributed by atoms with Gasteiger partial charge in [0.2, 0.25) is 0 Å². The Kier molecular flexibility index (Phi) is 1.38. The fourth-order valence-corrected chi connectivity index (χ4v) is 1.57. The third-order valence-electron chi connectivity index (χ3n) is 1.57. The molecule has 0 N–H and O–H groups in total. The van der Waals surface area contributed by atoms with E-state index in [0.717, 1.165) is 12.4 Å². The normalized spacial score (nSPS) is 28.7. The van der Waals surface area contributed by atoms with Gasteiger partial charge in [-0.3, -0.25) is 4.99 Å². The SMILES string of the molecule is BrC1CN=C2C=CC=CN21. The summed E-state index contributed by atoms with van der Waals surface area (Å²) in [5.74, 6) is 1.06. The molecule has 1 atom stereocenters. The highest BCUT2D eigenvalue weighted by Crippen LogP contribution is 2.18. The zero-order chi connectivity index (χ0) is 6.97. The van der Waals surface area contributed by atoms with Crippen LogP contribution in [0.1, 0.15) is 0 Å². The molecule has 10 heavy (non-hydrogen) atoms. The predicted molar refractivity (Wildman–Crippen MR) is 45.1 cm³/mol. The van der Waals surface area contributed by atoms with Crippen molar-refractivity contribution < 1.29 is 0 Å². The topological polar surface area (TPSA) is 15.6 Å². The Balaban J connectivity index is 2.30. The standard InChI is InChI=1S/C7H7BrN2/c8-6-5-9-7-3-1-2-4-10(6)7/h1-4,6H,5H2. The highest BCUT2D eigenvalue weighted by molar-refractivity contribution is 9.09. The summed E-state index contributed by atoms with van der Waals surface area (Å²) in [6.45, 7) is 0.851. The van der Waals surface area contributed by atoms with Crippen molar-refractivity contribution in [2.24, 2.45) is 4.99 Å². The lowest BCUT2D eigenvalue weighted by Gasteiger charge is -2.19. The maximum atomic E-state index is 4.30. The molecule has 0 aliphatic carbocycles. The monoisotopic (exact) mass is 198 g/mol. The second-order valence-electron chi connectivity index (χ2n) is 2.24. The first kappa shape index (κ1) is 6.16. The smallest absolute Gasteiger partial charge is 0.128 e. The number of allylic oxidation sites excluding steroid dienone is 2. The van der Waals surface area contributed by atoms with Crippen LogP contribution in [0.3, 0.4) is 0 Å². The number of alkyl halides is 1. The summed E-state index contributed by atoms with van der Waals surface area (Å²) < 4.78 is 0. The molecule has 0 saturated heterocycles. The summed E-state index contributed by atoms with van der Waals surface area (Å²) in [7, 11) is 0. The molecule has 0 amide bonds. The summed E-state index contributed by atoms with van der Waals surface area (Å²) in [5.41, 5.74) is 0. The van der Waals surface area contributed by atoms with E-state index in [0.29, 0.717) is 4.95 Å². The third-order valence-corrected chi connectivity index (χ3v) is 2.30. The Morgan fingerprint density at radius 3 is 3.30 bits per heavy atom. The van der Waals surface area contributed by atoms with Gasteiger partial charge in [0, 0.05) is 6.20 Å². The average Bonchev–Trinajstić information content (AvgIpc) is 2.34. The molecule has 0 aromatic carbocycles. The summed E-state index contributed by atoms with van der Waals surface area (Å²) in [6, 6.07) is 0. The summed E-state index contributed by atoms with van der Waals surface area (Å²) in [4.78, 5) is 6.77. The van der Waals surface area contributed by atoms with Gasteiger partial charge in [0.05, 0.1) is 6.54 Å². The van der Waals surface area contributed by atoms with E-state index in [2.05, 4.69) is 25.8 Å². The number of rotatable bonds is 0. The van der Waals surface area contributed by atoms with Crippen molar-refractivity contribution in [3.63, 3.8) is 0 Å². The Labute approximate surface area is 68.1 Å². The fourth-order valence-electron chi connectivity index (χ4n) is 1.07. The summed E-state index contributed by atoms with van der Waals surface area (Å²) in [6.07, 6.45) is 8.06. The van der Waals surface area contributed by atoms with Gasteiger partial charge in [-0.1, -0.05) is 22.0 Å². The van der Waals surface area contributed by atoms with Crippen LogP contribution >= 0.6 is 15.9 Å². The van der Waals surface area contributed by atoms with Crippen molar-refractivity contribution in [2.75, 3.05) is 6.54 Å². The molecule has 2 nitrogen and oxygen atoms in total. The van der Waals surface area contributed by atoms with Crippen molar-refractivity contribution in [1.82, 2.24) is 4.90 Å². The van der Waals surface area contributed by atoms with Gasteiger partial charge in [0.15, 0.2) is 0 Å². The van der Waals surface area contributed by atoms with Crippen molar-refractivity contribution >= 4 is 21.8 Å². The molecule has 2 heterocycles. The number of hydrogen-bond acceptors (Lipinski definition) is 2. The molecule has 52 valence electrons. The second-order valence-corrected chi connectivity index (χ2v) is 3.30. The van der Waals surface area contributed by atoms with Crippen LogP contribution in [-0.2, 0) is 0 Å². The van der Waals surface area contributed by atoms with Gasteiger partial charge >= 0.3 is 0 Å². The van der Waals surface area contributed by atoms with Crippen molar-refractivity contribution in [3.05, 3.63) is 24.4 Å². The zero-order valence-corrected chi connectivity index (χ0v) is 6.95. The van der Waals surface area contributed by atoms with Crippen molar-refractivity contribution in [3.8, 4) is 0 Å². The van der Waals surface area contributed by atoms with Crippen LogP contribution in [0, 0.1) is 0 Å². The molecule has 0 bridgehead atoms. The third kappa shape index (κ3) is 0.814. The van der Waals surface area contributed by atoms with Crippen LogP contribution in [0.2, 0.25) is 0 Å². The first-order chi connectivity index (χ1) is 4.88. The summed E-state index contributed by atoms with van der Waals surface area (Å²) >= 11 is 3.51. The van der Waals surface area contributed by atoms with Crippen LogP contribution in [0.25, 0.3) is 0 Å². The second kappa shape index (κ2) is 2.23. The number of amidine groups is 1. The van der Waals surface area contributed by atoms with Crippen LogP contribution in [0.15, 0.2) is 29.4 Å². The number of halogens is 1. The molecule has 2 rings (SSSR count). The fraction of sp³-hybridized carbons (Fsp3) is 0.286. The highest BCUT2D eigenvalue weighted by Gasteiger charge is 2.22. The van der Waals surface area contributed by atoms with E-state index in [1.165, 1.54) is 0 Å². The Morgan fingerprint density at radius 2 is 2.50 bits per heavy atom. The van der Waals surface area contributed by atoms with Gasteiger partial charge in [-0.2, -0.15) is 0 Å². The van der Waals surface area contributed by atoms with Crippen LogP contribution in [0.5, 0.6) is 0 Å². The van der Waals surface area contributed by atoms with Gasteiger partial charge in [0.25, 0.3) is 0 Å². The Hall–Kier alpha value is -0.570. The van der Waals surface area contributed by atoms with E-state index in [1.54, 1.807) is 0 Å². The largest absolute Gasteiger partial charge is 0.318 e. The molecule has 0 radical (unpaired) electrons. The minimum absolute atomic E-state index is 0.365. The van der Waals surface area contributed by atoms with E-state index >= 15 is 0 Å². The van der Waals surface area contributed by atoms with Gasteiger partial charge in [-0.05, 0) is 12.2 Å². The first-order valence-electron chi connectivity index (χ1n) is 3.19. The van der Waals surface area contributed by atoms with Gasteiger partial charge in [0.1, 0.15) is 10.8 Å². The predicted octanol–water partition coefficient (Wildman–Crippen LogP) is 1.51. The van der Waals surface area contributed by atoms with E-state index in [-0.39, 0.29) is 0 Å².